The molecule has 0 bridgehead atoms. The Morgan fingerprint density at radius 1 is 1.32 bits per heavy atom. The zero-order valence-corrected chi connectivity index (χ0v) is 11.8. The minimum Gasteiger partial charge on any atom is -0.380 e. The average Bonchev–Trinajstić information content (AvgIpc) is 2.84. The van der Waals surface area contributed by atoms with Crippen molar-refractivity contribution in [2.75, 3.05) is 23.9 Å². The number of hydrogen-bond acceptors (Lipinski definition) is 3. The maximum Gasteiger partial charge on any atom is 0.227 e. The minimum absolute atomic E-state index is 0.113. The van der Waals surface area contributed by atoms with E-state index in [1.807, 2.05) is 36.1 Å². The molecule has 4 heteroatoms. The summed E-state index contributed by atoms with van der Waals surface area (Å²) in [7, 11) is 1.71. The second-order valence-corrected chi connectivity index (χ2v) is 5.04. The van der Waals surface area contributed by atoms with Crippen molar-refractivity contribution in [1.29, 1.82) is 0 Å². The zero-order valence-electron chi connectivity index (χ0n) is 11.8. The Bertz CT molecular complexity index is 448. The molecule has 1 aromatic carbocycles. The third kappa shape index (κ3) is 3.07. The molecular weight excluding hydrogens is 240 g/mol. The number of ether oxygens (including phenoxy) is 1. The van der Waals surface area contributed by atoms with E-state index in [9.17, 15) is 4.79 Å². The highest BCUT2D eigenvalue weighted by Gasteiger charge is 2.24. The number of anilines is 2. The van der Waals surface area contributed by atoms with Crippen LogP contribution in [0.5, 0.6) is 0 Å². The van der Waals surface area contributed by atoms with Crippen molar-refractivity contribution in [1.82, 2.24) is 0 Å². The monoisotopic (exact) mass is 262 g/mol. The summed E-state index contributed by atoms with van der Waals surface area (Å²) in [5, 5.41) is 3.44. The van der Waals surface area contributed by atoms with E-state index in [-0.39, 0.29) is 18.1 Å². The molecular formula is C15H22N2O2. The maximum atomic E-state index is 11.9. The van der Waals surface area contributed by atoms with Gasteiger partial charge in [-0.3, -0.25) is 4.79 Å². The fraction of sp³-hybridized carbons (Fsp3) is 0.533. The van der Waals surface area contributed by atoms with Crippen LogP contribution in [-0.4, -0.2) is 31.7 Å². The first-order valence-corrected chi connectivity index (χ1v) is 6.82. The molecule has 0 radical (unpaired) electrons. The van der Waals surface area contributed by atoms with Gasteiger partial charge in [0.25, 0.3) is 0 Å². The summed E-state index contributed by atoms with van der Waals surface area (Å²) >= 11 is 0. The van der Waals surface area contributed by atoms with Gasteiger partial charge < -0.3 is 15.0 Å². The number of nitrogens with one attached hydrogen (secondary N) is 1. The molecule has 19 heavy (non-hydrogen) atoms. The molecule has 2 rings (SSSR count). The van der Waals surface area contributed by atoms with Gasteiger partial charge in [-0.25, -0.2) is 0 Å². The van der Waals surface area contributed by atoms with Crippen molar-refractivity contribution in [2.45, 2.75) is 38.8 Å². The van der Waals surface area contributed by atoms with Gasteiger partial charge in [-0.1, -0.05) is 12.1 Å². The van der Waals surface area contributed by atoms with E-state index in [1.165, 1.54) is 0 Å². The van der Waals surface area contributed by atoms with Crippen molar-refractivity contribution in [3.05, 3.63) is 24.3 Å². The molecule has 1 saturated heterocycles. The Balaban J connectivity index is 2.19. The largest absolute Gasteiger partial charge is 0.380 e. The lowest BCUT2D eigenvalue weighted by Crippen LogP contribution is -2.31. The molecule has 0 aliphatic carbocycles. The normalized spacial score (nSPS) is 18.5. The van der Waals surface area contributed by atoms with Crippen LogP contribution >= 0.6 is 0 Å². The van der Waals surface area contributed by atoms with Crippen LogP contribution in [0.3, 0.4) is 0 Å². The van der Waals surface area contributed by atoms with Crippen LogP contribution in [0.15, 0.2) is 24.3 Å². The number of nitrogens with zero attached hydrogens (tertiary/aromatic N) is 1. The molecule has 0 aromatic heterocycles. The minimum atomic E-state index is 0.113. The number of methoxy groups -OCH3 is 1. The Labute approximate surface area is 114 Å². The Kier molecular flexibility index (Phi) is 4.43. The van der Waals surface area contributed by atoms with Crippen LogP contribution in [0, 0.1) is 0 Å². The van der Waals surface area contributed by atoms with Crippen molar-refractivity contribution in [2.24, 2.45) is 0 Å². The van der Waals surface area contributed by atoms with Crippen LogP contribution < -0.4 is 10.2 Å². The van der Waals surface area contributed by atoms with E-state index >= 15 is 0 Å². The molecule has 1 N–H and O–H groups in total. The molecule has 2 atom stereocenters. The Hall–Kier alpha value is -1.55. The molecule has 4 nitrogen and oxygen atoms in total. The molecule has 1 heterocycles. The van der Waals surface area contributed by atoms with Crippen molar-refractivity contribution < 1.29 is 9.53 Å². The van der Waals surface area contributed by atoms with Gasteiger partial charge in [0.05, 0.1) is 17.5 Å². The summed E-state index contributed by atoms with van der Waals surface area (Å²) in [5.74, 6) is 0.210. The predicted octanol–water partition coefficient (Wildman–Crippen LogP) is 2.65. The van der Waals surface area contributed by atoms with E-state index in [0.29, 0.717) is 6.42 Å². The van der Waals surface area contributed by atoms with Crippen LogP contribution in [0.25, 0.3) is 0 Å². The van der Waals surface area contributed by atoms with E-state index in [1.54, 1.807) is 7.11 Å². The lowest BCUT2D eigenvalue weighted by atomic mass is 10.1. The summed E-state index contributed by atoms with van der Waals surface area (Å²) in [6, 6.07) is 8.15. The molecule has 1 aliphatic heterocycles. The van der Waals surface area contributed by atoms with Gasteiger partial charge in [0.1, 0.15) is 0 Å². The van der Waals surface area contributed by atoms with Crippen molar-refractivity contribution in [3.63, 3.8) is 0 Å². The highest BCUT2D eigenvalue weighted by molar-refractivity contribution is 5.98. The molecule has 0 saturated carbocycles. The Morgan fingerprint density at radius 3 is 2.68 bits per heavy atom. The smallest absolute Gasteiger partial charge is 0.227 e. The molecule has 1 amide bonds. The fourth-order valence-corrected chi connectivity index (χ4v) is 2.30. The average molecular weight is 262 g/mol. The summed E-state index contributed by atoms with van der Waals surface area (Å²) in [5.41, 5.74) is 1.97. The number of rotatable bonds is 5. The van der Waals surface area contributed by atoms with Crippen LogP contribution in [-0.2, 0) is 9.53 Å². The topological polar surface area (TPSA) is 41.6 Å². The van der Waals surface area contributed by atoms with Gasteiger partial charge in [-0.15, -0.1) is 0 Å². The molecule has 1 aromatic rings. The first-order valence-electron chi connectivity index (χ1n) is 6.82. The fourth-order valence-electron chi connectivity index (χ4n) is 2.30. The van der Waals surface area contributed by atoms with Crippen LogP contribution in [0.4, 0.5) is 11.4 Å². The standard InChI is InChI=1S/C15H22N2O2/c1-11(12(2)19-3)16-13-7-4-5-8-14(13)17-10-6-9-15(17)18/h4-5,7-8,11-12,16H,6,9-10H2,1-3H3. The molecule has 1 aliphatic rings. The van der Waals surface area contributed by atoms with Gasteiger partial charge >= 0.3 is 0 Å². The Morgan fingerprint density at radius 2 is 2.05 bits per heavy atom. The lowest BCUT2D eigenvalue weighted by Gasteiger charge is -2.25. The van der Waals surface area contributed by atoms with Crippen LogP contribution in [0.1, 0.15) is 26.7 Å². The van der Waals surface area contributed by atoms with Gasteiger partial charge in [0.15, 0.2) is 0 Å². The van der Waals surface area contributed by atoms with E-state index in [0.717, 1.165) is 24.3 Å². The van der Waals surface area contributed by atoms with Gasteiger partial charge in [-0.2, -0.15) is 0 Å². The lowest BCUT2D eigenvalue weighted by molar-refractivity contribution is -0.117. The van der Waals surface area contributed by atoms with E-state index in [2.05, 4.69) is 12.2 Å². The number of carbonyl (C=O) groups is 1. The molecule has 1 fully saturated rings. The summed E-state index contributed by atoms with van der Waals surface area (Å²) in [4.78, 5) is 13.7. The first kappa shape index (κ1) is 13.9. The van der Waals surface area contributed by atoms with Crippen LogP contribution in [0.2, 0.25) is 0 Å². The SMILES string of the molecule is COC(C)C(C)Nc1ccccc1N1CCCC1=O. The zero-order chi connectivity index (χ0) is 13.8. The number of carbonyl (C=O) groups excluding carboxylic acids is 1. The highest BCUT2D eigenvalue weighted by atomic mass is 16.5. The first-order chi connectivity index (χ1) is 9.13. The third-order valence-electron chi connectivity index (χ3n) is 3.73. The molecule has 104 valence electrons. The van der Waals surface area contributed by atoms with Crippen molar-refractivity contribution in [3.8, 4) is 0 Å². The van der Waals surface area contributed by atoms with Gasteiger partial charge in [-0.05, 0) is 32.4 Å². The van der Waals surface area contributed by atoms with Gasteiger partial charge in [0, 0.05) is 26.1 Å². The highest BCUT2D eigenvalue weighted by Crippen LogP contribution is 2.30. The maximum absolute atomic E-state index is 11.9. The number of para-hydroxylation sites is 2. The molecule has 0 spiro atoms. The summed E-state index contributed by atoms with van der Waals surface area (Å²) in [6.07, 6.45) is 1.71. The number of amides is 1. The van der Waals surface area contributed by atoms with Gasteiger partial charge in [0.2, 0.25) is 5.91 Å². The van der Waals surface area contributed by atoms with E-state index in [4.69, 9.17) is 4.74 Å². The second kappa shape index (κ2) is 6.06. The molecule has 2 unspecified atom stereocenters. The number of benzene rings is 1. The predicted molar refractivity (Wildman–Crippen MR) is 77.6 cm³/mol. The summed E-state index contributed by atoms with van der Waals surface area (Å²) in [6.45, 7) is 4.92. The van der Waals surface area contributed by atoms with E-state index < -0.39 is 0 Å². The van der Waals surface area contributed by atoms with Crippen molar-refractivity contribution >= 4 is 17.3 Å². The third-order valence-corrected chi connectivity index (χ3v) is 3.73. The second-order valence-electron chi connectivity index (χ2n) is 5.04. The number of hydrogen-bond donors (Lipinski definition) is 1. The quantitative estimate of drug-likeness (QED) is 0.887. The summed E-state index contributed by atoms with van der Waals surface area (Å²) < 4.78 is 5.33.